The van der Waals surface area contributed by atoms with Crippen LogP contribution in [0.3, 0.4) is 0 Å². The summed E-state index contributed by atoms with van der Waals surface area (Å²) in [6.45, 7) is 1.46. The van der Waals surface area contributed by atoms with Crippen molar-refractivity contribution in [3.8, 4) is 11.8 Å². The zero-order valence-electron chi connectivity index (χ0n) is 10.8. The molecule has 0 aliphatic carbocycles. The lowest BCUT2D eigenvalue weighted by Gasteiger charge is -2.14. The summed E-state index contributed by atoms with van der Waals surface area (Å²) in [4.78, 5) is 0. The summed E-state index contributed by atoms with van der Waals surface area (Å²) in [5.74, 6) is 2.10. The van der Waals surface area contributed by atoms with Gasteiger partial charge in [0.25, 0.3) is 10.0 Å². The van der Waals surface area contributed by atoms with E-state index in [0.29, 0.717) is 17.5 Å². The second kappa shape index (κ2) is 7.33. The molecule has 7 heteroatoms. The molecule has 2 N–H and O–H groups in total. The van der Waals surface area contributed by atoms with E-state index in [2.05, 4.69) is 11.8 Å². The van der Waals surface area contributed by atoms with E-state index in [9.17, 15) is 17.2 Å². The Bertz CT molecular complexity index is 588. The molecule has 0 radical (unpaired) electrons. The highest BCUT2D eigenvalue weighted by atomic mass is 32.2. The van der Waals surface area contributed by atoms with E-state index in [1.54, 1.807) is 24.3 Å². The van der Waals surface area contributed by atoms with Gasteiger partial charge in [-0.05, 0) is 24.6 Å². The number of benzene rings is 1. The van der Waals surface area contributed by atoms with E-state index in [0.717, 1.165) is 0 Å². The van der Waals surface area contributed by atoms with E-state index in [-0.39, 0.29) is 6.61 Å². The number of alkyl halides is 2. The summed E-state index contributed by atoms with van der Waals surface area (Å²) in [5.41, 5.74) is 1.26. The lowest BCUT2D eigenvalue weighted by molar-refractivity contribution is 0.231. The molecule has 1 rings (SSSR count). The van der Waals surface area contributed by atoms with Crippen molar-refractivity contribution in [3.05, 3.63) is 35.4 Å². The highest BCUT2D eigenvalue weighted by molar-refractivity contribution is 7.89. The van der Waals surface area contributed by atoms with Gasteiger partial charge in [0.1, 0.15) is 0 Å². The molecule has 110 valence electrons. The summed E-state index contributed by atoms with van der Waals surface area (Å²) in [6.07, 6.45) is 0.367. The van der Waals surface area contributed by atoms with Crippen LogP contribution in [0.25, 0.3) is 0 Å². The van der Waals surface area contributed by atoms with Crippen molar-refractivity contribution in [2.75, 3.05) is 6.61 Å². The van der Waals surface area contributed by atoms with E-state index in [1.807, 2.05) is 4.72 Å². The normalized spacial score (nSPS) is 12.8. The van der Waals surface area contributed by atoms with E-state index >= 15 is 0 Å². The Morgan fingerprint density at radius 1 is 1.30 bits per heavy atom. The third-order valence-electron chi connectivity index (χ3n) is 2.46. The van der Waals surface area contributed by atoms with Crippen LogP contribution in [0, 0.1) is 11.8 Å². The molecular formula is C13H15F2NO3S. The van der Waals surface area contributed by atoms with Gasteiger partial charge in [-0.25, -0.2) is 13.1 Å². The third kappa shape index (κ3) is 4.89. The number of halogens is 2. The van der Waals surface area contributed by atoms with Gasteiger partial charge in [0, 0.05) is 18.0 Å². The van der Waals surface area contributed by atoms with Gasteiger partial charge in [0.15, 0.2) is 0 Å². The number of rotatable bonds is 5. The lowest BCUT2D eigenvalue weighted by atomic mass is 10.1. The minimum atomic E-state index is -4.61. The SMILES string of the molecule is CC(NS(=O)(=O)C(F)F)c1ccc(C#CCCO)cc1. The summed E-state index contributed by atoms with van der Waals surface area (Å²) in [6, 6.07) is 5.79. The standard InChI is InChI=1S/C13H15F2NO3S/c1-10(16-20(18,19)13(14)15)12-7-5-11(6-8-12)4-2-3-9-17/h5-8,10,13,16-17H,3,9H2,1H3. The quantitative estimate of drug-likeness (QED) is 0.812. The zero-order chi connectivity index (χ0) is 15.2. The van der Waals surface area contributed by atoms with Crippen LogP contribution in [0.15, 0.2) is 24.3 Å². The fourth-order valence-corrected chi connectivity index (χ4v) is 2.17. The van der Waals surface area contributed by atoms with Crippen LogP contribution >= 0.6 is 0 Å². The van der Waals surface area contributed by atoms with Crippen molar-refractivity contribution in [1.82, 2.24) is 4.72 Å². The Balaban J connectivity index is 2.77. The highest BCUT2D eigenvalue weighted by Crippen LogP contribution is 2.16. The van der Waals surface area contributed by atoms with Crippen LogP contribution < -0.4 is 4.72 Å². The molecule has 0 aliphatic heterocycles. The molecule has 0 aromatic heterocycles. The molecule has 0 fully saturated rings. The van der Waals surface area contributed by atoms with Gasteiger partial charge in [0.05, 0.1) is 6.61 Å². The third-order valence-corrected chi connectivity index (χ3v) is 3.61. The van der Waals surface area contributed by atoms with Crippen LogP contribution in [-0.2, 0) is 10.0 Å². The van der Waals surface area contributed by atoms with Gasteiger partial charge >= 0.3 is 5.76 Å². The Morgan fingerprint density at radius 2 is 1.90 bits per heavy atom. The van der Waals surface area contributed by atoms with E-state index < -0.39 is 21.8 Å². The minimum Gasteiger partial charge on any atom is -0.395 e. The molecule has 1 aromatic rings. The Hall–Kier alpha value is -1.49. The minimum absolute atomic E-state index is 0.0163. The van der Waals surface area contributed by atoms with Crippen LogP contribution in [0.5, 0.6) is 0 Å². The number of aliphatic hydroxyl groups excluding tert-OH is 1. The number of sulfonamides is 1. The second-order valence-electron chi connectivity index (χ2n) is 4.04. The molecule has 0 spiro atoms. The van der Waals surface area contributed by atoms with Crippen LogP contribution in [0.4, 0.5) is 8.78 Å². The first-order chi connectivity index (χ1) is 9.36. The Labute approximate surface area is 116 Å². The second-order valence-corrected chi connectivity index (χ2v) is 5.72. The van der Waals surface area contributed by atoms with Gasteiger partial charge in [-0.1, -0.05) is 24.0 Å². The smallest absolute Gasteiger partial charge is 0.350 e. The van der Waals surface area contributed by atoms with E-state index in [4.69, 9.17) is 5.11 Å². The summed E-state index contributed by atoms with van der Waals surface area (Å²) in [5, 5.41) is 8.59. The van der Waals surface area contributed by atoms with Gasteiger partial charge in [0.2, 0.25) is 0 Å². The van der Waals surface area contributed by atoms with Crippen molar-refractivity contribution in [2.24, 2.45) is 0 Å². The largest absolute Gasteiger partial charge is 0.395 e. The lowest BCUT2D eigenvalue weighted by Crippen LogP contribution is -2.31. The maximum Gasteiger partial charge on any atom is 0.350 e. The van der Waals surface area contributed by atoms with Crippen molar-refractivity contribution in [2.45, 2.75) is 25.1 Å². The summed E-state index contributed by atoms with van der Waals surface area (Å²) in [7, 11) is -4.61. The predicted octanol–water partition coefficient (Wildman–Crippen LogP) is 1.62. The number of aliphatic hydroxyl groups is 1. The topological polar surface area (TPSA) is 66.4 Å². The van der Waals surface area contributed by atoms with Crippen LogP contribution in [-0.4, -0.2) is 25.9 Å². The molecule has 0 saturated heterocycles. The molecule has 20 heavy (non-hydrogen) atoms. The zero-order valence-corrected chi connectivity index (χ0v) is 11.6. The number of hydrogen-bond donors (Lipinski definition) is 2. The molecule has 0 aliphatic rings. The fourth-order valence-electron chi connectivity index (χ4n) is 1.44. The molecule has 0 saturated carbocycles. The molecule has 0 heterocycles. The maximum atomic E-state index is 12.2. The average molecular weight is 303 g/mol. The summed E-state index contributed by atoms with van der Waals surface area (Å²) >= 11 is 0. The predicted molar refractivity (Wildman–Crippen MR) is 71.5 cm³/mol. The first-order valence-electron chi connectivity index (χ1n) is 5.86. The van der Waals surface area contributed by atoms with Gasteiger partial charge in [-0.2, -0.15) is 8.78 Å². The maximum absolute atomic E-state index is 12.2. The highest BCUT2D eigenvalue weighted by Gasteiger charge is 2.25. The Morgan fingerprint density at radius 3 is 2.40 bits per heavy atom. The van der Waals surface area contributed by atoms with Gasteiger partial charge < -0.3 is 5.11 Å². The fraction of sp³-hybridized carbons (Fsp3) is 0.385. The van der Waals surface area contributed by atoms with Crippen molar-refractivity contribution >= 4 is 10.0 Å². The van der Waals surface area contributed by atoms with Crippen molar-refractivity contribution in [1.29, 1.82) is 0 Å². The molecule has 1 atom stereocenters. The number of hydrogen-bond acceptors (Lipinski definition) is 3. The monoisotopic (exact) mass is 303 g/mol. The van der Waals surface area contributed by atoms with Crippen LogP contribution in [0.2, 0.25) is 0 Å². The molecule has 1 aromatic carbocycles. The van der Waals surface area contributed by atoms with Gasteiger partial charge in [-0.3, -0.25) is 0 Å². The molecule has 0 bridgehead atoms. The molecule has 1 unspecified atom stereocenters. The van der Waals surface area contributed by atoms with Gasteiger partial charge in [-0.15, -0.1) is 0 Å². The number of nitrogens with one attached hydrogen (secondary N) is 1. The first-order valence-corrected chi connectivity index (χ1v) is 7.40. The first kappa shape index (κ1) is 16.6. The molecular weight excluding hydrogens is 288 g/mol. The van der Waals surface area contributed by atoms with Crippen molar-refractivity contribution < 1.29 is 22.3 Å². The molecule has 4 nitrogen and oxygen atoms in total. The molecule has 0 amide bonds. The van der Waals surface area contributed by atoms with E-state index in [1.165, 1.54) is 6.92 Å². The summed E-state index contributed by atoms with van der Waals surface area (Å²) < 4.78 is 48.5. The Kier molecular flexibility index (Phi) is 6.07. The van der Waals surface area contributed by atoms with Crippen molar-refractivity contribution in [3.63, 3.8) is 0 Å². The average Bonchev–Trinajstić information content (AvgIpc) is 2.39. The van der Waals surface area contributed by atoms with Crippen LogP contribution in [0.1, 0.15) is 30.5 Å².